The molecule has 3 aromatic heterocycles. The van der Waals surface area contributed by atoms with Crippen molar-refractivity contribution >= 4 is 11.1 Å². The van der Waals surface area contributed by atoms with Crippen LogP contribution in [0.4, 0.5) is 0 Å². The number of aryl methyl sites for hydroxylation is 1. The van der Waals surface area contributed by atoms with Crippen molar-refractivity contribution in [1.82, 2.24) is 14.8 Å². The van der Waals surface area contributed by atoms with Crippen LogP contribution in [0.1, 0.15) is 43.1 Å². The zero-order chi connectivity index (χ0) is 25.3. The second kappa shape index (κ2) is 14.5. The van der Waals surface area contributed by atoms with Crippen molar-refractivity contribution < 1.29 is 37.9 Å². The van der Waals surface area contributed by atoms with E-state index in [0.717, 1.165) is 43.7 Å². The third kappa shape index (κ3) is 8.04. The van der Waals surface area contributed by atoms with Gasteiger partial charge in [0.25, 0.3) is 0 Å². The molecule has 1 fully saturated rings. The van der Waals surface area contributed by atoms with Crippen LogP contribution in [0.25, 0.3) is 28.2 Å². The minimum atomic E-state index is -0.633. The third-order valence-electron chi connectivity index (χ3n) is 6.24. The normalized spacial score (nSPS) is 14.6. The topological polar surface area (TPSA) is 82.5 Å². The number of hydrogen-bond acceptors (Lipinski definition) is 6. The van der Waals surface area contributed by atoms with Gasteiger partial charge in [0, 0.05) is 36.4 Å². The van der Waals surface area contributed by atoms with Crippen molar-refractivity contribution in [3.8, 4) is 17.1 Å². The number of aliphatic hydroxyl groups is 1. The van der Waals surface area contributed by atoms with E-state index in [9.17, 15) is 5.11 Å². The van der Waals surface area contributed by atoms with Crippen LogP contribution in [-0.2, 0) is 9.47 Å². The zero-order valence-corrected chi connectivity index (χ0v) is 21.9. The maximum absolute atomic E-state index is 10.6. The van der Waals surface area contributed by atoms with Crippen LogP contribution in [-0.4, -0.2) is 46.3 Å². The summed E-state index contributed by atoms with van der Waals surface area (Å²) >= 11 is 0. The average molecular weight is 496 g/mol. The summed E-state index contributed by atoms with van der Waals surface area (Å²) < 4.78 is 17.6. The number of hydrogen-bond donors (Lipinski definition) is 1. The number of ether oxygens (including phenoxy) is 2. The van der Waals surface area contributed by atoms with E-state index in [0.29, 0.717) is 48.2 Å². The van der Waals surface area contributed by atoms with Crippen molar-refractivity contribution in [2.45, 2.75) is 38.7 Å². The summed E-state index contributed by atoms with van der Waals surface area (Å²) in [6, 6.07) is 16.9. The molecular formula is C29H34LiN3O4-2. The van der Waals surface area contributed by atoms with Crippen LogP contribution in [0.15, 0.2) is 53.1 Å². The Labute approximate surface area is 231 Å². The Balaban J connectivity index is 0.000000581. The first-order chi connectivity index (χ1) is 17.6. The van der Waals surface area contributed by atoms with E-state index >= 15 is 0 Å². The Morgan fingerprint density at radius 2 is 1.97 bits per heavy atom. The van der Waals surface area contributed by atoms with Crippen molar-refractivity contribution in [2.24, 2.45) is 5.92 Å². The quantitative estimate of drug-likeness (QED) is 0.299. The summed E-state index contributed by atoms with van der Waals surface area (Å²) in [5, 5.41) is 15.3. The summed E-state index contributed by atoms with van der Waals surface area (Å²) in [5.74, 6) is 1.82. The number of fused-ring (bicyclic) bond motifs is 1. The molecular weight excluding hydrogens is 461 g/mol. The Morgan fingerprint density at radius 3 is 2.68 bits per heavy atom. The van der Waals surface area contributed by atoms with Crippen molar-refractivity contribution in [1.29, 1.82) is 0 Å². The monoisotopic (exact) mass is 495 g/mol. The van der Waals surface area contributed by atoms with E-state index in [1.165, 1.54) is 5.56 Å². The molecule has 1 atom stereocenters. The van der Waals surface area contributed by atoms with Gasteiger partial charge in [-0.25, -0.2) is 0 Å². The molecule has 1 N–H and O–H groups in total. The van der Waals surface area contributed by atoms with E-state index in [-0.39, 0.29) is 18.9 Å². The molecule has 0 amide bonds. The largest absolute Gasteiger partial charge is 1.00 e. The summed E-state index contributed by atoms with van der Waals surface area (Å²) in [6.07, 6.45) is 5.05. The molecule has 4 heterocycles. The number of pyridine rings is 1. The first-order valence-corrected chi connectivity index (χ1v) is 12.4. The van der Waals surface area contributed by atoms with Gasteiger partial charge in [0.15, 0.2) is 0 Å². The van der Waals surface area contributed by atoms with Crippen molar-refractivity contribution in [3.05, 3.63) is 79.9 Å². The molecule has 5 rings (SSSR count). The van der Waals surface area contributed by atoms with Gasteiger partial charge in [-0.3, -0.25) is 4.68 Å². The van der Waals surface area contributed by atoms with Gasteiger partial charge >= 0.3 is 18.9 Å². The summed E-state index contributed by atoms with van der Waals surface area (Å²) in [4.78, 5) is 4.67. The van der Waals surface area contributed by atoms with Crippen LogP contribution >= 0.6 is 0 Å². The number of rotatable bonds is 8. The predicted molar refractivity (Wildman–Crippen MR) is 139 cm³/mol. The minimum Gasteiger partial charge on any atom is -0.484 e. The van der Waals surface area contributed by atoms with Gasteiger partial charge in [-0.2, -0.15) is 5.10 Å². The van der Waals surface area contributed by atoms with Crippen LogP contribution in [0.5, 0.6) is 0 Å². The summed E-state index contributed by atoms with van der Waals surface area (Å²) in [7, 11) is 0. The fourth-order valence-corrected chi connectivity index (χ4v) is 4.24. The molecule has 1 unspecified atom stereocenters. The SMILES string of the molecule is Cc1cccc(-c2ccn(-c3c[c-]c4oc(C(O)CCC5CCOCC5)cc4n3)n2)c1.[CH2-]COC[CH2-].[Li+]. The fraction of sp³-hybridized carbons (Fsp3) is 0.379. The minimum absolute atomic E-state index is 0. The van der Waals surface area contributed by atoms with Gasteiger partial charge < -0.3 is 37.8 Å². The van der Waals surface area contributed by atoms with E-state index in [4.69, 9.17) is 9.15 Å². The standard InChI is InChI=1S/C25H26N3O3.C4H8O.Li/c1-17-3-2-4-19(15-17)20-9-12-28(27-20)25-8-7-23-21(26-25)16-24(31-23)22(29)6-5-18-10-13-30-14-11-18;1-3-5-4-2;/h2-4,8-9,12,15-16,18,22,29H,5-6,10-11,13-14H2,1H3;1-4H2;/q-1;-2;+1. The molecule has 0 saturated carbocycles. The maximum Gasteiger partial charge on any atom is 1.00 e. The molecule has 0 spiro atoms. The van der Waals surface area contributed by atoms with Gasteiger partial charge in [-0.1, -0.05) is 37.0 Å². The van der Waals surface area contributed by atoms with Gasteiger partial charge in [0.05, 0.1) is 5.69 Å². The Hall–Kier alpha value is -2.40. The van der Waals surface area contributed by atoms with Gasteiger partial charge in [-0.15, -0.1) is 12.1 Å². The van der Waals surface area contributed by atoms with Crippen LogP contribution in [0.2, 0.25) is 0 Å². The molecule has 1 saturated heterocycles. The Bertz CT molecular complexity index is 1230. The molecule has 1 aliphatic rings. The Morgan fingerprint density at radius 1 is 1.19 bits per heavy atom. The second-order valence-corrected chi connectivity index (χ2v) is 8.90. The summed E-state index contributed by atoms with van der Waals surface area (Å²) in [6.45, 7) is 11.6. The predicted octanol–water partition coefficient (Wildman–Crippen LogP) is 2.70. The number of aliphatic hydroxyl groups excluding tert-OH is 1. The van der Waals surface area contributed by atoms with Crippen LogP contribution in [0.3, 0.4) is 0 Å². The molecule has 0 bridgehead atoms. The average Bonchev–Trinajstić information content (AvgIpc) is 3.56. The van der Waals surface area contributed by atoms with Crippen molar-refractivity contribution in [2.75, 3.05) is 26.4 Å². The van der Waals surface area contributed by atoms with E-state index in [1.54, 1.807) is 10.7 Å². The first-order valence-electron chi connectivity index (χ1n) is 12.4. The molecule has 1 aromatic carbocycles. The molecule has 192 valence electrons. The van der Waals surface area contributed by atoms with Crippen LogP contribution in [0, 0.1) is 32.8 Å². The van der Waals surface area contributed by atoms with Gasteiger partial charge in [0.2, 0.25) is 0 Å². The number of benzene rings is 1. The second-order valence-electron chi connectivity index (χ2n) is 8.90. The van der Waals surface area contributed by atoms with E-state index in [1.807, 2.05) is 30.5 Å². The smallest absolute Gasteiger partial charge is 0.484 e. The molecule has 7 nitrogen and oxygen atoms in total. The molecule has 0 aliphatic carbocycles. The molecule has 0 radical (unpaired) electrons. The molecule has 8 heteroatoms. The molecule has 4 aromatic rings. The maximum atomic E-state index is 10.6. The third-order valence-corrected chi connectivity index (χ3v) is 6.24. The van der Waals surface area contributed by atoms with E-state index in [2.05, 4.69) is 53.8 Å². The fourth-order valence-electron chi connectivity index (χ4n) is 4.24. The Kier molecular flexibility index (Phi) is 11.4. The van der Waals surface area contributed by atoms with Gasteiger partial charge in [-0.05, 0) is 62.2 Å². The first kappa shape index (κ1) is 29.2. The molecule has 37 heavy (non-hydrogen) atoms. The van der Waals surface area contributed by atoms with E-state index < -0.39 is 6.10 Å². The van der Waals surface area contributed by atoms with Gasteiger partial charge in [0.1, 0.15) is 11.9 Å². The number of aromatic nitrogens is 3. The number of furan rings is 1. The molecule has 1 aliphatic heterocycles. The van der Waals surface area contributed by atoms with Crippen LogP contribution < -0.4 is 18.9 Å². The van der Waals surface area contributed by atoms with Crippen molar-refractivity contribution in [3.63, 3.8) is 0 Å². The zero-order valence-electron chi connectivity index (χ0n) is 21.9. The number of nitrogens with zero attached hydrogens (tertiary/aromatic N) is 3. The summed E-state index contributed by atoms with van der Waals surface area (Å²) in [5.41, 5.74) is 4.38.